The molecule has 0 aromatic carbocycles. The summed E-state index contributed by atoms with van der Waals surface area (Å²) in [5, 5.41) is 123. The molecule has 20 heteroatoms. The van der Waals surface area contributed by atoms with Crippen molar-refractivity contribution in [3.63, 3.8) is 0 Å². The molecule has 0 aromatic heterocycles. The van der Waals surface area contributed by atoms with Crippen molar-refractivity contribution in [1.82, 2.24) is 0 Å². The molecule has 0 aliphatic rings. The standard InChI is InChI=1S/2C6H12O7.C4H7NO4.Zn/c2*7-1-2(8)3(9)4(10)5(11)6(12)13;5-2(4(8)9)1-3(6)7;/h2*2-5,7-11H,1H2,(H,12,13);2H,1,5H2,(H,6,7)(H,8,9);/q;;;+2/p-2/t2*2-,3-,4+,5-;2-;/m110./s1. The summed E-state index contributed by atoms with van der Waals surface area (Å²) in [6, 6.07) is -1.29. The second-order valence-electron chi connectivity index (χ2n) is 6.53. The second-order valence-corrected chi connectivity index (χ2v) is 6.53. The quantitative estimate of drug-likeness (QED) is 0.0887. The normalized spacial score (nSPS) is 17.9. The number of carbonyl (C=O) groups is 4. The first kappa shape index (κ1) is 41.2. The van der Waals surface area contributed by atoms with E-state index in [9.17, 15) is 29.4 Å². The van der Waals surface area contributed by atoms with Crippen LogP contribution in [0.1, 0.15) is 6.42 Å². The molecule has 0 rings (SSSR count). The van der Waals surface area contributed by atoms with Crippen molar-refractivity contribution in [2.45, 2.75) is 61.3 Å². The van der Waals surface area contributed by atoms with Gasteiger partial charge in [0.2, 0.25) is 0 Å². The van der Waals surface area contributed by atoms with E-state index < -0.39 is 98.4 Å². The van der Waals surface area contributed by atoms with E-state index in [4.69, 9.17) is 67.0 Å². The third-order valence-electron chi connectivity index (χ3n) is 3.70. The van der Waals surface area contributed by atoms with Crippen LogP contribution in [0.3, 0.4) is 0 Å². The molecule has 208 valence electrons. The predicted octanol–water partition coefficient (Wildman–Crippen LogP) is -10.8. The fraction of sp³-hybridized carbons (Fsp3) is 0.750. The van der Waals surface area contributed by atoms with Gasteiger partial charge in [0.1, 0.15) is 54.9 Å². The third-order valence-corrected chi connectivity index (χ3v) is 3.70. The number of carboxylic acid groups (broad SMARTS) is 4. The molecule has 0 spiro atoms. The average molecular weight is 589 g/mol. The Morgan fingerprint density at radius 2 is 0.917 bits per heavy atom. The van der Waals surface area contributed by atoms with Gasteiger partial charge in [0.05, 0.1) is 31.6 Å². The van der Waals surface area contributed by atoms with Crippen LogP contribution in [-0.2, 0) is 38.7 Å². The summed E-state index contributed by atoms with van der Waals surface area (Å²) < 4.78 is 0. The number of carbonyl (C=O) groups excluding carboxylic acids is 2. The van der Waals surface area contributed by atoms with Crippen molar-refractivity contribution in [3.8, 4) is 0 Å². The molecule has 0 saturated heterocycles. The number of aliphatic hydroxyl groups is 10. The van der Waals surface area contributed by atoms with Crippen molar-refractivity contribution in [2.75, 3.05) is 13.2 Å². The first-order chi connectivity index (χ1) is 15.9. The number of nitrogens with two attached hydrogens (primary N) is 1. The molecule has 0 aliphatic carbocycles. The molecule has 36 heavy (non-hydrogen) atoms. The second kappa shape index (κ2) is 21.2. The Kier molecular flexibility index (Phi) is 24.2. The maximum atomic E-state index is 9.98. The number of rotatable bonds is 13. The Morgan fingerprint density at radius 1 is 0.639 bits per heavy atom. The van der Waals surface area contributed by atoms with Gasteiger partial charge in [-0.1, -0.05) is 0 Å². The molecule has 0 aliphatic heterocycles. The van der Waals surface area contributed by atoms with Gasteiger partial charge in [0, 0.05) is 0 Å². The Balaban J connectivity index is -0.000000214. The van der Waals surface area contributed by atoms with Gasteiger partial charge in [-0.3, -0.25) is 9.59 Å². The molecule has 0 saturated carbocycles. The van der Waals surface area contributed by atoms with Crippen LogP contribution in [0.4, 0.5) is 0 Å². The zero-order valence-electron chi connectivity index (χ0n) is 18.4. The predicted molar refractivity (Wildman–Crippen MR) is 100 cm³/mol. The van der Waals surface area contributed by atoms with Crippen LogP contribution >= 0.6 is 0 Å². The summed E-state index contributed by atoms with van der Waals surface area (Å²) in [5.41, 5.74) is 4.84. The van der Waals surface area contributed by atoms with E-state index in [1.165, 1.54) is 0 Å². The van der Waals surface area contributed by atoms with Gasteiger partial charge in [-0.2, -0.15) is 0 Å². The minimum atomic E-state index is -2.31. The first-order valence-corrected chi connectivity index (χ1v) is 9.15. The van der Waals surface area contributed by atoms with Gasteiger partial charge in [-0.25, -0.2) is 0 Å². The summed E-state index contributed by atoms with van der Waals surface area (Å²) >= 11 is 0. The summed E-state index contributed by atoms with van der Waals surface area (Å²) in [6.07, 6.45) is -16.7. The summed E-state index contributed by atoms with van der Waals surface area (Å²) in [6.45, 7) is -1.73. The Labute approximate surface area is 214 Å². The van der Waals surface area contributed by atoms with Crippen molar-refractivity contribution in [1.29, 1.82) is 0 Å². The third kappa shape index (κ3) is 17.5. The zero-order valence-corrected chi connectivity index (χ0v) is 21.4. The minimum Gasteiger partial charge on any atom is -0.547 e. The molecular formula is C16H29NO18Zn. The van der Waals surface area contributed by atoms with Crippen LogP contribution in [0.5, 0.6) is 0 Å². The number of hydrogen-bond donors (Lipinski definition) is 13. The van der Waals surface area contributed by atoms with Gasteiger partial charge >= 0.3 is 31.4 Å². The largest absolute Gasteiger partial charge is 2.00 e. The van der Waals surface area contributed by atoms with Gasteiger partial charge in [-0.05, 0) is 0 Å². The van der Waals surface area contributed by atoms with Gasteiger partial charge in [0.15, 0.2) is 0 Å². The molecule has 0 amide bonds. The van der Waals surface area contributed by atoms with Crippen LogP contribution in [0.25, 0.3) is 0 Å². The molecule has 0 unspecified atom stereocenters. The fourth-order valence-electron chi connectivity index (χ4n) is 1.60. The molecule has 0 heterocycles. The molecule has 0 aromatic rings. The minimum absolute atomic E-state index is 0. The summed E-state index contributed by atoms with van der Waals surface area (Å²) in [5.74, 6) is -6.45. The smallest absolute Gasteiger partial charge is 0.547 e. The van der Waals surface area contributed by atoms with Crippen LogP contribution < -0.4 is 15.9 Å². The van der Waals surface area contributed by atoms with Crippen molar-refractivity contribution >= 4 is 23.9 Å². The Morgan fingerprint density at radius 3 is 1.06 bits per heavy atom. The van der Waals surface area contributed by atoms with Crippen molar-refractivity contribution in [3.05, 3.63) is 0 Å². The monoisotopic (exact) mass is 587 g/mol. The van der Waals surface area contributed by atoms with Crippen molar-refractivity contribution in [2.24, 2.45) is 5.73 Å². The molecular weight excluding hydrogens is 560 g/mol. The molecule has 0 bridgehead atoms. The van der Waals surface area contributed by atoms with E-state index in [1.54, 1.807) is 0 Å². The number of carboxylic acids is 4. The maximum absolute atomic E-state index is 9.98. The van der Waals surface area contributed by atoms with E-state index in [-0.39, 0.29) is 19.5 Å². The molecule has 0 radical (unpaired) electrons. The molecule has 0 fully saturated rings. The average Bonchev–Trinajstić information content (AvgIpc) is 2.79. The van der Waals surface area contributed by atoms with E-state index in [1.807, 2.05) is 0 Å². The molecule has 19 nitrogen and oxygen atoms in total. The molecule has 9 atom stereocenters. The van der Waals surface area contributed by atoms with Crippen LogP contribution in [0.15, 0.2) is 0 Å². The number of aliphatic hydroxyl groups excluding tert-OH is 10. The van der Waals surface area contributed by atoms with E-state index >= 15 is 0 Å². The Bertz CT molecular complexity index is 615. The summed E-state index contributed by atoms with van der Waals surface area (Å²) in [7, 11) is 0. The fourth-order valence-corrected chi connectivity index (χ4v) is 1.60. The van der Waals surface area contributed by atoms with Crippen LogP contribution in [0.2, 0.25) is 0 Å². The van der Waals surface area contributed by atoms with E-state index in [0.717, 1.165) is 0 Å². The maximum Gasteiger partial charge on any atom is 2.00 e. The topological polar surface area (TPSA) is 383 Å². The van der Waals surface area contributed by atoms with E-state index in [0.29, 0.717) is 0 Å². The number of aliphatic carboxylic acids is 4. The molecule has 14 N–H and O–H groups in total. The van der Waals surface area contributed by atoms with Gasteiger partial charge in [0.25, 0.3) is 0 Å². The zero-order chi connectivity index (χ0) is 28.6. The Hall–Kier alpha value is -1.94. The SMILES string of the molecule is N[C@@H](CC(=O)O)C(=O)O.O=C([O-])[C@H](O)[C@@H](O)[C@H](O)[C@H](O)CO.O=C([O-])[C@H](O)[C@@H](O)[C@H](O)[C@H](O)CO.[Zn+2]. The number of hydrogen-bond acceptors (Lipinski definition) is 17. The van der Waals surface area contributed by atoms with E-state index in [2.05, 4.69) is 0 Å². The van der Waals surface area contributed by atoms with Crippen LogP contribution in [0, 0.1) is 0 Å². The van der Waals surface area contributed by atoms with Gasteiger partial charge < -0.3 is 86.8 Å². The summed E-state index contributed by atoms with van der Waals surface area (Å²) in [4.78, 5) is 39.6. The van der Waals surface area contributed by atoms with Gasteiger partial charge in [-0.15, -0.1) is 0 Å². The van der Waals surface area contributed by atoms with Crippen LogP contribution in [-0.4, -0.2) is 153 Å². The first-order valence-electron chi connectivity index (χ1n) is 9.15. The van der Waals surface area contributed by atoms with Crippen molar-refractivity contribution < 1.29 is 110 Å².